The molecular weight excluding hydrogens is 302 g/mol. The first-order valence-corrected chi connectivity index (χ1v) is 8.92. The summed E-state index contributed by atoms with van der Waals surface area (Å²) in [4.78, 5) is 17.2. The van der Waals surface area contributed by atoms with Crippen LogP contribution in [0.5, 0.6) is 5.75 Å². The van der Waals surface area contributed by atoms with Gasteiger partial charge >= 0.3 is 0 Å². The molecule has 5 nitrogen and oxygen atoms in total. The molecule has 1 aliphatic carbocycles. The van der Waals surface area contributed by atoms with Crippen LogP contribution in [0.1, 0.15) is 31.4 Å². The van der Waals surface area contributed by atoms with Gasteiger partial charge in [0.05, 0.1) is 19.7 Å². The quantitative estimate of drug-likeness (QED) is 0.865. The predicted octanol–water partition coefficient (Wildman–Crippen LogP) is 1.90. The van der Waals surface area contributed by atoms with Gasteiger partial charge in [0, 0.05) is 25.7 Å². The number of carbonyl (C=O) groups is 1. The lowest BCUT2D eigenvalue weighted by Crippen LogP contribution is -2.53. The summed E-state index contributed by atoms with van der Waals surface area (Å²) in [6.07, 6.45) is 2.39. The Kier molecular flexibility index (Phi) is 5.41. The summed E-state index contributed by atoms with van der Waals surface area (Å²) in [5.74, 6) is 1.57. The number of rotatable bonds is 6. The van der Waals surface area contributed by atoms with Crippen LogP contribution in [0.4, 0.5) is 0 Å². The normalized spacial score (nSPS) is 23.7. The third-order valence-electron chi connectivity index (χ3n) is 5.20. The van der Waals surface area contributed by atoms with Gasteiger partial charge in [0.15, 0.2) is 0 Å². The zero-order valence-electron chi connectivity index (χ0n) is 15.0. The first kappa shape index (κ1) is 17.2. The molecule has 1 amide bonds. The molecule has 2 fully saturated rings. The summed E-state index contributed by atoms with van der Waals surface area (Å²) in [7, 11) is 3.81. The van der Waals surface area contributed by atoms with Crippen molar-refractivity contribution >= 4 is 5.91 Å². The Morgan fingerprint density at radius 1 is 1.29 bits per heavy atom. The Labute approximate surface area is 145 Å². The highest BCUT2D eigenvalue weighted by molar-refractivity contribution is 5.78. The lowest BCUT2D eigenvalue weighted by atomic mass is 10.0. The van der Waals surface area contributed by atoms with E-state index in [9.17, 15) is 4.79 Å². The first-order chi connectivity index (χ1) is 11.6. The van der Waals surface area contributed by atoms with Crippen molar-refractivity contribution in [2.75, 3.05) is 40.3 Å². The van der Waals surface area contributed by atoms with Gasteiger partial charge in [0.25, 0.3) is 0 Å². The van der Waals surface area contributed by atoms with E-state index >= 15 is 0 Å². The Balaban J connectivity index is 1.60. The molecule has 2 atom stereocenters. The zero-order chi connectivity index (χ0) is 17.1. The van der Waals surface area contributed by atoms with Crippen LogP contribution in [0.3, 0.4) is 0 Å². The largest absolute Gasteiger partial charge is 0.497 e. The number of amides is 1. The second-order valence-corrected chi connectivity index (χ2v) is 7.24. The van der Waals surface area contributed by atoms with Crippen LogP contribution in [0.2, 0.25) is 0 Å². The molecule has 1 aromatic carbocycles. The van der Waals surface area contributed by atoms with Crippen molar-refractivity contribution in [1.29, 1.82) is 0 Å². The molecule has 24 heavy (non-hydrogen) atoms. The third kappa shape index (κ3) is 4.28. The van der Waals surface area contributed by atoms with Crippen LogP contribution in [-0.4, -0.2) is 62.1 Å². The number of nitrogens with zero attached hydrogens (tertiary/aromatic N) is 2. The highest BCUT2D eigenvalue weighted by Crippen LogP contribution is 2.41. The van der Waals surface area contributed by atoms with E-state index in [1.807, 2.05) is 12.1 Å². The zero-order valence-corrected chi connectivity index (χ0v) is 15.0. The molecule has 0 bridgehead atoms. The van der Waals surface area contributed by atoms with Crippen molar-refractivity contribution in [3.8, 4) is 5.75 Å². The maximum atomic E-state index is 12.6. The second-order valence-electron chi connectivity index (χ2n) is 7.24. The smallest absolute Gasteiger partial charge is 0.234 e. The minimum absolute atomic E-state index is 0.131. The number of methoxy groups -OCH3 is 1. The van der Waals surface area contributed by atoms with Gasteiger partial charge in [-0.3, -0.25) is 9.69 Å². The molecule has 1 N–H and O–H groups in total. The third-order valence-corrected chi connectivity index (χ3v) is 5.20. The van der Waals surface area contributed by atoms with Gasteiger partial charge in [-0.05, 0) is 50.4 Å². The number of likely N-dealkylation sites (N-methyl/N-ethyl adjacent to an activating group) is 1. The van der Waals surface area contributed by atoms with Crippen molar-refractivity contribution in [2.24, 2.45) is 5.92 Å². The van der Waals surface area contributed by atoms with E-state index in [1.54, 1.807) is 7.11 Å². The molecule has 3 rings (SSSR count). The van der Waals surface area contributed by atoms with Gasteiger partial charge in [-0.2, -0.15) is 0 Å². The number of nitrogens with one attached hydrogen (secondary N) is 1. The summed E-state index contributed by atoms with van der Waals surface area (Å²) in [6, 6.07) is 8.64. The Hall–Kier alpha value is -1.59. The Morgan fingerprint density at radius 2 is 2.00 bits per heavy atom. The van der Waals surface area contributed by atoms with Gasteiger partial charge in [0.1, 0.15) is 5.75 Å². The highest BCUT2D eigenvalue weighted by atomic mass is 16.5. The average Bonchev–Trinajstić information content (AvgIpc) is 3.40. The molecule has 1 saturated heterocycles. The van der Waals surface area contributed by atoms with E-state index in [2.05, 4.69) is 41.2 Å². The maximum absolute atomic E-state index is 12.6. The van der Waals surface area contributed by atoms with E-state index in [-0.39, 0.29) is 11.9 Å². The van der Waals surface area contributed by atoms with Crippen LogP contribution in [-0.2, 0) is 4.79 Å². The van der Waals surface area contributed by atoms with E-state index in [0.29, 0.717) is 18.5 Å². The Morgan fingerprint density at radius 3 is 2.58 bits per heavy atom. The summed E-state index contributed by atoms with van der Waals surface area (Å²) in [5, 5.41) is 3.28. The molecule has 5 heteroatoms. The van der Waals surface area contributed by atoms with E-state index in [1.165, 1.54) is 18.4 Å². The molecule has 1 saturated carbocycles. The van der Waals surface area contributed by atoms with Crippen molar-refractivity contribution in [3.05, 3.63) is 29.8 Å². The topological polar surface area (TPSA) is 44.8 Å². The summed E-state index contributed by atoms with van der Waals surface area (Å²) < 4.78 is 5.23. The number of ether oxygens (including phenoxy) is 1. The summed E-state index contributed by atoms with van der Waals surface area (Å²) in [5.41, 5.74) is 1.18. The van der Waals surface area contributed by atoms with Gasteiger partial charge in [-0.15, -0.1) is 0 Å². The minimum Gasteiger partial charge on any atom is -0.497 e. The standard InChI is InChI=1S/C19H29N3O2/c1-14-12-21(2)10-11-22(14)13-18(23)20-19(15-4-5-15)16-6-8-17(24-3)9-7-16/h6-9,14-15,19H,4-5,10-13H2,1-3H3,(H,20,23)/t14-,19-/m1/s1. The maximum Gasteiger partial charge on any atom is 0.234 e. The second kappa shape index (κ2) is 7.53. The minimum atomic E-state index is 0.131. The first-order valence-electron chi connectivity index (χ1n) is 8.92. The van der Waals surface area contributed by atoms with Crippen molar-refractivity contribution in [3.63, 3.8) is 0 Å². The molecule has 132 valence electrons. The van der Waals surface area contributed by atoms with Crippen LogP contribution in [0.25, 0.3) is 0 Å². The molecule has 2 aliphatic rings. The average molecular weight is 331 g/mol. The molecule has 0 unspecified atom stereocenters. The van der Waals surface area contributed by atoms with Crippen molar-refractivity contribution in [1.82, 2.24) is 15.1 Å². The van der Waals surface area contributed by atoms with Gasteiger partial charge in [-0.25, -0.2) is 0 Å². The summed E-state index contributed by atoms with van der Waals surface area (Å²) in [6.45, 7) is 5.71. The number of hydrogen-bond acceptors (Lipinski definition) is 4. The SMILES string of the molecule is COc1ccc([C@H](NC(=O)CN2CCN(C)C[C@H]2C)C2CC2)cc1. The fourth-order valence-corrected chi connectivity index (χ4v) is 3.53. The molecule has 0 aromatic heterocycles. The number of piperazine rings is 1. The fraction of sp³-hybridized carbons (Fsp3) is 0.632. The monoisotopic (exact) mass is 331 g/mol. The van der Waals surface area contributed by atoms with E-state index < -0.39 is 0 Å². The molecule has 0 radical (unpaired) electrons. The lowest BCUT2D eigenvalue weighted by Gasteiger charge is -2.38. The Bertz CT molecular complexity index is 556. The van der Waals surface area contributed by atoms with E-state index in [4.69, 9.17) is 4.74 Å². The van der Waals surface area contributed by atoms with Crippen LogP contribution in [0, 0.1) is 5.92 Å². The van der Waals surface area contributed by atoms with Crippen molar-refractivity contribution < 1.29 is 9.53 Å². The highest BCUT2D eigenvalue weighted by Gasteiger charge is 2.34. The predicted molar refractivity (Wildman–Crippen MR) is 95.1 cm³/mol. The van der Waals surface area contributed by atoms with Crippen LogP contribution < -0.4 is 10.1 Å². The van der Waals surface area contributed by atoms with Gasteiger partial charge < -0.3 is 15.0 Å². The number of benzene rings is 1. The van der Waals surface area contributed by atoms with Crippen LogP contribution in [0.15, 0.2) is 24.3 Å². The molecule has 1 aromatic rings. The van der Waals surface area contributed by atoms with Crippen LogP contribution >= 0.6 is 0 Å². The number of hydrogen-bond donors (Lipinski definition) is 1. The van der Waals surface area contributed by atoms with Gasteiger partial charge in [-0.1, -0.05) is 12.1 Å². The summed E-state index contributed by atoms with van der Waals surface area (Å²) >= 11 is 0. The molecule has 0 spiro atoms. The number of carbonyl (C=O) groups excluding carboxylic acids is 1. The molecular formula is C19H29N3O2. The fourth-order valence-electron chi connectivity index (χ4n) is 3.53. The van der Waals surface area contributed by atoms with Crippen molar-refractivity contribution in [2.45, 2.75) is 31.8 Å². The molecule has 1 heterocycles. The lowest BCUT2D eigenvalue weighted by molar-refractivity contribution is -0.124. The molecule has 1 aliphatic heterocycles. The van der Waals surface area contributed by atoms with Gasteiger partial charge in [0.2, 0.25) is 5.91 Å². The van der Waals surface area contributed by atoms with E-state index in [0.717, 1.165) is 25.4 Å².